The van der Waals surface area contributed by atoms with Gasteiger partial charge in [-0.3, -0.25) is 0 Å². The Labute approximate surface area is 115 Å². The Morgan fingerprint density at radius 1 is 1.10 bits per heavy atom. The molecule has 0 N–H and O–H groups in total. The lowest BCUT2D eigenvalue weighted by molar-refractivity contribution is -0.159. The highest BCUT2D eigenvalue weighted by molar-refractivity contribution is 6.03. The second kappa shape index (κ2) is 7.08. The van der Waals surface area contributed by atoms with Gasteiger partial charge in [0.1, 0.15) is 0 Å². The zero-order chi connectivity index (χ0) is 15.1. The van der Waals surface area contributed by atoms with E-state index in [2.05, 4.69) is 11.3 Å². The molecule has 1 rings (SSSR count). The zero-order valence-electron chi connectivity index (χ0n) is 11.1. The Kier molecular flexibility index (Phi) is 5.46. The van der Waals surface area contributed by atoms with E-state index in [0.29, 0.717) is 0 Å². The standard InChI is InChI=1S/C14H14O6/c1-4-12(15)19-9(2)20-14(17)11-8-6-5-7-10(11)13(16)18-3/h4-9H,1H2,2-3H3. The van der Waals surface area contributed by atoms with Crippen molar-refractivity contribution < 1.29 is 28.6 Å². The van der Waals surface area contributed by atoms with Crippen molar-refractivity contribution in [1.29, 1.82) is 0 Å². The molecule has 0 aliphatic rings. The van der Waals surface area contributed by atoms with Gasteiger partial charge in [-0.15, -0.1) is 0 Å². The summed E-state index contributed by atoms with van der Waals surface area (Å²) in [5, 5.41) is 0. The number of hydrogen-bond acceptors (Lipinski definition) is 6. The summed E-state index contributed by atoms with van der Waals surface area (Å²) in [6.07, 6.45) is -0.147. The van der Waals surface area contributed by atoms with Crippen LogP contribution < -0.4 is 0 Å². The quantitative estimate of drug-likeness (QED) is 0.463. The third-order valence-corrected chi connectivity index (χ3v) is 2.27. The summed E-state index contributed by atoms with van der Waals surface area (Å²) in [6, 6.07) is 6.01. The number of rotatable bonds is 5. The molecule has 0 heterocycles. The van der Waals surface area contributed by atoms with E-state index in [-0.39, 0.29) is 11.1 Å². The molecule has 0 saturated carbocycles. The minimum atomic E-state index is -1.10. The molecule has 6 heteroatoms. The molecule has 1 unspecified atom stereocenters. The molecule has 1 atom stereocenters. The van der Waals surface area contributed by atoms with Gasteiger partial charge in [0.15, 0.2) is 0 Å². The van der Waals surface area contributed by atoms with Crippen molar-refractivity contribution in [3.05, 3.63) is 48.0 Å². The SMILES string of the molecule is C=CC(=O)OC(C)OC(=O)c1ccccc1C(=O)OC. The van der Waals surface area contributed by atoms with Crippen LogP contribution in [-0.4, -0.2) is 31.3 Å². The van der Waals surface area contributed by atoms with Crippen molar-refractivity contribution in [2.45, 2.75) is 13.2 Å². The molecule has 0 aromatic heterocycles. The van der Waals surface area contributed by atoms with Gasteiger partial charge in [-0.25, -0.2) is 14.4 Å². The fourth-order valence-corrected chi connectivity index (χ4v) is 1.40. The summed E-state index contributed by atoms with van der Waals surface area (Å²) < 4.78 is 14.2. The summed E-state index contributed by atoms with van der Waals surface area (Å²) in [4.78, 5) is 34.4. The van der Waals surface area contributed by atoms with Crippen molar-refractivity contribution in [2.75, 3.05) is 7.11 Å². The van der Waals surface area contributed by atoms with Crippen LogP contribution in [0.2, 0.25) is 0 Å². The normalized spacial score (nSPS) is 11.1. The summed E-state index contributed by atoms with van der Waals surface area (Å²) >= 11 is 0. The Morgan fingerprint density at radius 3 is 2.15 bits per heavy atom. The average Bonchev–Trinajstić information content (AvgIpc) is 2.45. The first-order valence-corrected chi connectivity index (χ1v) is 5.71. The van der Waals surface area contributed by atoms with Crippen molar-refractivity contribution in [3.8, 4) is 0 Å². The molecule has 0 aliphatic carbocycles. The Hall–Kier alpha value is -2.63. The molecule has 0 bridgehead atoms. The third-order valence-electron chi connectivity index (χ3n) is 2.27. The van der Waals surface area contributed by atoms with Gasteiger partial charge < -0.3 is 14.2 Å². The predicted molar refractivity (Wildman–Crippen MR) is 68.9 cm³/mol. The molecule has 0 saturated heterocycles. The molecule has 106 valence electrons. The molecular formula is C14H14O6. The molecule has 1 aromatic rings. The third kappa shape index (κ3) is 3.94. The number of ether oxygens (including phenoxy) is 3. The second-order valence-corrected chi connectivity index (χ2v) is 3.65. The van der Waals surface area contributed by atoms with E-state index in [1.54, 1.807) is 12.1 Å². The molecule has 0 aliphatic heterocycles. The first-order chi connectivity index (χ1) is 9.49. The predicted octanol–water partition coefficient (Wildman–Crippen LogP) is 1.71. The largest absolute Gasteiger partial charge is 0.465 e. The van der Waals surface area contributed by atoms with Crippen LogP contribution in [0.4, 0.5) is 0 Å². The summed E-state index contributed by atoms with van der Waals surface area (Å²) in [5.74, 6) is -2.17. The number of hydrogen-bond donors (Lipinski definition) is 0. The van der Waals surface area contributed by atoms with Crippen molar-refractivity contribution >= 4 is 17.9 Å². The summed E-state index contributed by atoms with van der Waals surface area (Å²) in [5.41, 5.74) is 0.100. The first kappa shape index (κ1) is 15.4. The fraction of sp³-hybridized carbons (Fsp3) is 0.214. The maximum Gasteiger partial charge on any atom is 0.342 e. The second-order valence-electron chi connectivity index (χ2n) is 3.65. The molecular weight excluding hydrogens is 264 g/mol. The first-order valence-electron chi connectivity index (χ1n) is 5.71. The summed E-state index contributed by atoms with van der Waals surface area (Å²) in [7, 11) is 1.21. The van der Waals surface area contributed by atoms with E-state index >= 15 is 0 Å². The lowest BCUT2D eigenvalue weighted by Gasteiger charge is -2.14. The van der Waals surface area contributed by atoms with Crippen LogP contribution in [0, 0.1) is 0 Å². The summed E-state index contributed by atoms with van der Waals surface area (Å²) in [6.45, 7) is 4.60. The van der Waals surface area contributed by atoms with Gasteiger partial charge in [0.25, 0.3) is 0 Å². The monoisotopic (exact) mass is 278 g/mol. The maximum atomic E-state index is 11.9. The van der Waals surface area contributed by atoms with E-state index < -0.39 is 24.2 Å². The lowest BCUT2D eigenvalue weighted by atomic mass is 10.1. The van der Waals surface area contributed by atoms with Gasteiger partial charge in [-0.2, -0.15) is 0 Å². The Bertz CT molecular complexity index is 534. The average molecular weight is 278 g/mol. The van der Waals surface area contributed by atoms with E-state index in [9.17, 15) is 14.4 Å². The number of benzene rings is 1. The van der Waals surface area contributed by atoms with E-state index in [1.165, 1.54) is 26.2 Å². The van der Waals surface area contributed by atoms with Crippen molar-refractivity contribution in [2.24, 2.45) is 0 Å². The highest BCUT2D eigenvalue weighted by Gasteiger charge is 2.20. The Balaban J connectivity index is 2.85. The van der Waals surface area contributed by atoms with Crippen LogP contribution in [0.25, 0.3) is 0 Å². The minimum absolute atomic E-state index is 0.0286. The Morgan fingerprint density at radius 2 is 1.65 bits per heavy atom. The minimum Gasteiger partial charge on any atom is -0.465 e. The number of methoxy groups -OCH3 is 1. The van der Waals surface area contributed by atoms with Gasteiger partial charge in [-0.05, 0) is 12.1 Å². The van der Waals surface area contributed by atoms with Crippen LogP contribution in [0.5, 0.6) is 0 Å². The van der Waals surface area contributed by atoms with Gasteiger partial charge in [-0.1, -0.05) is 18.7 Å². The highest BCUT2D eigenvalue weighted by atomic mass is 16.7. The van der Waals surface area contributed by atoms with E-state index in [0.717, 1.165) is 6.08 Å². The number of carbonyl (C=O) groups is 3. The van der Waals surface area contributed by atoms with Crippen LogP contribution in [0.1, 0.15) is 27.6 Å². The van der Waals surface area contributed by atoms with Crippen LogP contribution in [0.3, 0.4) is 0 Å². The van der Waals surface area contributed by atoms with Crippen molar-refractivity contribution in [1.82, 2.24) is 0 Å². The van der Waals surface area contributed by atoms with Gasteiger partial charge in [0.05, 0.1) is 18.2 Å². The lowest BCUT2D eigenvalue weighted by Crippen LogP contribution is -2.22. The van der Waals surface area contributed by atoms with Gasteiger partial charge in [0, 0.05) is 13.0 Å². The molecule has 0 amide bonds. The molecule has 0 spiro atoms. The van der Waals surface area contributed by atoms with E-state index in [4.69, 9.17) is 9.47 Å². The van der Waals surface area contributed by atoms with E-state index in [1.807, 2.05) is 0 Å². The fourth-order valence-electron chi connectivity index (χ4n) is 1.40. The number of carbonyl (C=O) groups excluding carboxylic acids is 3. The van der Waals surface area contributed by atoms with Crippen LogP contribution >= 0.6 is 0 Å². The molecule has 0 radical (unpaired) electrons. The zero-order valence-corrected chi connectivity index (χ0v) is 11.1. The van der Waals surface area contributed by atoms with Gasteiger partial charge >= 0.3 is 17.9 Å². The van der Waals surface area contributed by atoms with Crippen molar-refractivity contribution in [3.63, 3.8) is 0 Å². The smallest absolute Gasteiger partial charge is 0.342 e. The molecule has 1 aromatic carbocycles. The van der Waals surface area contributed by atoms with Crippen LogP contribution in [-0.2, 0) is 19.0 Å². The number of esters is 3. The molecule has 6 nitrogen and oxygen atoms in total. The maximum absolute atomic E-state index is 11.9. The van der Waals surface area contributed by atoms with Gasteiger partial charge in [0.2, 0.25) is 6.29 Å². The topological polar surface area (TPSA) is 78.9 Å². The highest BCUT2D eigenvalue weighted by Crippen LogP contribution is 2.13. The molecule has 0 fully saturated rings. The molecule has 20 heavy (non-hydrogen) atoms. The van der Waals surface area contributed by atoms with Crippen LogP contribution in [0.15, 0.2) is 36.9 Å².